The summed E-state index contributed by atoms with van der Waals surface area (Å²) in [5, 5.41) is 8.73. The summed E-state index contributed by atoms with van der Waals surface area (Å²) < 4.78 is 0. The van der Waals surface area contributed by atoms with Gasteiger partial charge in [0.25, 0.3) is 0 Å². The van der Waals surface area contributed by atoms with Crippen molar-refractivity contribution in [1.82, 2.24) is 4.98 Å². The van der Waals surface area contributed by atoms with Gasteiger partial charge in [0.2, 0.25) is 0 Å². The van der Waals surface area contributed by atoms with E-state index in [9.17, 15) is 0 Å². The van der Waals surface area contributed by atoms with Crippen molar-refractivity contribution in [2.75, 3.05) is 0 Å². The van der Waals surface area contributed by atoms with E-state index in [1.54, 1.807) is 0 Å². The number of aromatic nitrogens is 1. The number of pyridine rings is 1. The van der Waals surface area contributed by atoms with Crippen molar-refractivity contribution < 1.29 is 0 Å². The largest absolute Gasteiger partial charge is 0.258 e. The zero-order chi connectivity index (χ0) is 17.5. The van der Waals surface area contributed by atoms with E-state index in [2.05, 4.69) is 11.1 Å². The fourth-order valence-corrected chi connectivity index (χ4v) is 1.74. The molecule has 2 nitrogen and oxygen atoms in total. The predicted molar refractivity (Wildman–Crippen MR) is 97.9 cm³/mol. The Morgan fingerprint density at radius 2 is 1.14 bits per heavy atom. The Bertz CT molecular complexity index is 529. The third kappa shape index (κ3) is 7.59. The number of hydrogen-bond acceptors (Lipinski definition) is 2. The van der Waals surface area contributed by atoms with Gasteiger partial charge >= 0.3 is 0 Å². The van der Waals surface area contributed by atoms with E-state index in [1.165, 1.54) is 0 Å². The molecule has 0 aliphatic carbocycles. The van der Waals surface area contributed by atoms with Crippen LogP contribution in [0.3, 0.4) is 0 Å². The van der Waals surface area contributed by atoms with Crippen LogP contribution in [0.2, 0.25) is 0 Å². The summed E-state index contributed by atoms with van der Waals surface area (Å²) in [5.41, 5.74) is 4.98. The Morgan fingerprint density at radius 3 is 1.50 bits per heavy atom. The second kappa shape index (κ2) is 13.8. The van der Waals surface area contributed by atoms with Crippen molar-refractivity contribution >= 4 is 0 Å². The summed E-state index contributed by atoms with van der Waals surface area (Å²) in [5.74, 6) is 0. The highest BCUT2D eigenvalue weighted by Gasteiger charge is 2.00. The average molecular weight is 298 g/mol. The normalized spacial score (nSPS) is 7.95. The molecule has 120 valence electrons. The molecule has 1 aromatic heterocycles. The molecule has 0 saturated heterocycles. The summed E-state index contributed by atoms with van der Waals surface area (Å²) in [6.45, 7) is 16.0. The Morgan fingerprint density at radius 1 is 0.727 bits per heavy atom. The lowest BCUT2D eigenvalue weighted by Crippen LogP contribution is -1.88. The zero-order valence-electron chi connectivity index (χ0n) is 15.4. The minimum atomic E-state index is 0.686. The number of aryl methyl sites for hydroxylation is 2. The molecule has 0 unspecified atom stereocenters. The lowest BCUT2D eigenvalue weighted by atomic mass is 10.0. The van der Waals surface area contributed by atoms with Crippen LogP contribution in [0, 0.1) is 25.2 Å². The van der Waals surface area contributed by atoms with Crippen LogP contribution in [0.25, 0.3) is 11.1 Å². The van der Waals surface area contributed by atoms with Gasteiger partial charge in [-0.3, -0.25) is 4.98 Å². The minimum Gasteiger partial charge on any atom is -0.258 e. The molecule has 1 heterocycles. The third-order valence-electron chi connectivity index (χ3n) is 2.43. The molecule has 0 aliphatic rings. The first-order valence-electron chi connectivity index (χ1n) is 8.15. The molecular formula is C20H30N2. The van der Waals surface area contributed by atoms with Gasteiger partial charge in [-0.2, -0.15) is 5.26 Å². The third-order valence-corrected chi connectivity index (χ3v) is 2.43. The van der Waals surface area contributed by atoms with Gasteiger partial charge in [-0.05, 0) is 49.2 Å². The Balaban J connectivity index is 0. The van der Waals surface area contributed by atoms with Gasteiger partial charge in [-0.25, -0.2) is 0 Å². The van der Waals surface area contributed by atoms with Crippen LogP contribution >= 0.6 is 0 Å². The van der Waals surface area contributed by atoms with Crippen LogP contribution < -0.4 is 0 Å². The van der Waals surface area contributed by atoms with Crippen molar-refractivity contribution in [2.24, 2.45) is 0 Å². The number of nitrogens with zero attached hydrogens (tertiary/aromatic N) is 2. The Hall–Kier alpha value is -2.14. The Kier molecular flexibility index (Phi) is 13.9. The molecule has 0 saturated carbocycles. The molecule has 1 aromatic carbocycles. The highest BCUT2D eigenvalue weighted by atomic mass is 14.7. The molecule has 0 fully saturated rings. The maximum atomic E-state index is 8.73. The van der Waals surface area contributed by atoms with Gasteiger partial charge in [0.1, 0.15) is 0 Å². The number of nitriles is 1. The van der Waals surface area contributed by atoms with E-state index < -0.39 is 0 Å². The van der Waals surface area contributed by atoms with Crippen LogP contribution in [0.15, 0.2) is 36.4 Å². The first kappa shape index (κ1) is 22.1. The van der Waals surface area contributed by atoms with Gasteiger partial charge in [0, 0.05) is 11.4 Å². The van der Waals surface area contributed by atoms with Crippen LogP contribution in [0.5, 0.6) is 0 Å². The van der Waals surface area contributed by atoms with Gasteiger partial charge < -0.3 is 0 Å². The highest BCUT2D eigenvalue weighted by Crippen LogP contribution is 2.21. The summed E-state index contributed by atoms with van der Waals surface area (Å²) >= 11 is 0. The summed E-state index contributed by atoms with van der Waals surface area (Å²) in [6, 6.07) is 13.8. The molecule has 2 aromatic rings. The summed E-state index contributed by atoms with van der Waals surface area (Å²) in [7, 11) is 0. The molecule has 0 atom stereocenters. The molecule has 2 rings (SSSR count). The van der Waals surface area contributed by atoms with Crippen LogP contribution in [0.1, 0.15) is 58.5 Å². The predicted octanol–water partition coefficient (Wildman–Crippen LogP) is 6.32. The van der Waals surface area contributed by atoms with Crippen LogP contribution in [0.4, 0.5) is 0 Å². The Labute approximate surface area is 136 Å². The molecule has 0 bridgehead atoms. The van der Waals surface area contributed by atoms with Gasteiger partial charge in [0.05, 0.1) is 11.6 Å². The SMILES string of the molecule is CC.CC.CC.Cc1cc(-c2ccc(C#N)cc2)cc(C)n1. The topological polar surface area (TPSA) is 36.7 Å². The van der Waals surface area contributed by atoms with Crippen LogP contribution in [-0.2, 0) is 0 Å². The molecule has 0 aliphatic heterocycles. The lowest BCUT2D eigenvalue weighted by molar-refractivity contribution is 1.12. The quantitative estimate of drug-likeness (QED) is 0.618. The highest BCUT2D eigenvalue weighted by molar-refractivity contribution is 5.64. The fourth-order valence-electron chi connectivity index (χ4n) is 1.74. The summed E-state index contributed by atoms with van der Waals surface area (Å²) in [4.78, 5) is 4.34. The molecule has 22 heavy (non-hydrogen) atoms. The lowest BCUT2D eigenvalue weighted by Gasteiger charge is -2.04. The molecule has 0 amide bonds. The maximum absolute atomic E-state index is 8.73. The van der Waals surface area contributed by atoms with E-state index in [0.29, 0.717) is 5.56 Å². The zero-order valence-corrected chi connectivity index (χ0v) is 15.4. The second-order valence-corrected chi connectivity index (χ2v) is 3.83. The smallest absolute Gasteiger partial charge is 0.0991 e. The number of benzene rings is 1. The minimum absolute atomic E-state index is 0.686. The van der Waals surface area contributed by atoms with Crippen molar-refractivity contribution in [1.29, 1.82) is 5.26 Å². The molecule has 2 heteroatoms. The first-order valence-corrected chi connectivity index (χ1v) is 8.15. The van der Waals surface area contributed by atoms with Gasteiger partial charge in [0.15, 0.2) is 0 Å². The number of rotatable bonds is 1. The van der Waals surface area contributed by atoms with E-state index >= 15 is 0 Å². The number of hydrogen-bond donors (Lipinski definition) is 0. The van der Waals surface area contributed by atoms with E-state index in [0.717, 1.165) is 22.5 Å². The first-order chi connectivity index (χ1) is 10.7. The average Bonchev–Trinajstić information content (AvgIpc) is 2.59. The fraction of sp³-hybridized carbons (Fsp3) is 0.400. The molecule has 0 spiro atoms. The monoisotopic (exact) mass is 298 g/mol. The van der Waals surface area contributed by atoms with E-state index in [4.69, 9.17) is 5.26 Å². The van der Waals surface area contributed by atoms with Crippen molar-refractivity contribution in [3.8, 4) is 17.2 Å². The van der Waals surface area contributed by atoms with Gasteiger partial charge in [-0.15, -0.1) is 0 Å². The standard InChI is InChI=1S/C14H12N2.3C2H6/c1-10-7-14(8-11(2)16-10)13-5-3-12(9-15)4-6-13;3*1-2/h3-8H,1-2H3;3*1-2H3. The van der Waals surface area contributed by atoms with E-state index in [1.807, 2.05) is 91.8 Å². The van der Waals surface area contributed by atoms with Gasteiger partial charge in [-0.1, -0.05) is 53.7 Å². The summed E-state index contributed by atoms with van der Waals surface area (Å²) in [6.07, 6.45) is 0. The maximum Gasteiger partial charge on any atom is 0.0991 e. The van der Waals surface area contributed by atoms with Crippen molar-refractivity contribution in [3.05, 3.63) is 53.3 Å². The second-order valence-electron chi connectivity index (χ2n) is 3.83. The van der Waals surface area contributed by atoms with Crippen molar-refractivity contribution in [3.63, 3.8) is 0 Å². The van der Waals surface area contributed by atoms with E-state index in [-0.39, 0.29) is 0 Å². The molecule has 0 radical (unpaired) electrons. The van der Waals surface area contributed by atoms with Crippen molar-refractivity contribution in [2.45, 2.75) is 55.4 Å². The van der Waals surface area contributed by atoms with Crippen LogP contribution in [-0.4, -0.2) is 4.98 Å². The molecular weight excluding hydrogens is 268 g/mol. The molecule has 0 N–H and O–H groups in total.